The molecule has 1 N–H and O–H groups in total. The highest BCUT2D eigenvalue weighted by atomic mass is 31.1. The summed E-state index contributed by atoms with van der Waals surface area (Å²) in [6.45, 7) is 2.36. The maximum Gasteiger partial charge on any atom is 0.750 e. The molecule has 12 heteroatoms. The maximum absolute atomic E-state index is 15.7. The lowest BCUT2D eigenvalue weighted by atomic mass is 10.1. The Hall–Kier alpha value is -2.43. The molecule has 2 aromatic rings. The number of hydrogen-bond donors (Lipinski definition) is 1. The molecule has 10 nitrogen and oxygen atoms in total. The van der Waals surface area contributed by atoms with Gasteiger partial charge in [-0.25, -0.2) is 13.7 Å². The normalized spacial score (nSPS) is 30.1. The van der Waals surface area contributed by atoms with Crippen molar-refractivity contribution in [3.63, 3.8) is 0 Å². The van der Waals surface area contributed by atoms with Gasteiger partial charge in [0.2, 0.25) is 0 Å². The number of ether oxygens (including phenoxy) is 3. The predicted molar refractivity (Wildman–Crippen MR) is 99.7 cm³/mol. The summed E-state index contributed by atoms with van der Waals surface area (Å²) in [5.74, 6) is -3.47. The van der Waals surface area contributed by atoms with Gasteiger partial charge in [-0.2, -0.15) is 0 Å². The number of nitrogens with zero attached hydrogens (tertiary/aromatic N) is 1. The predicted octanol–water partition coefficient (Wildman–Crippen LogP) is 2.00. The average Bonchev–Trinajstić information content (AvgIpc) is 3.14. The van der Waals surface area contributed by atoms with Crippen molar-refractivity contribution in [3.8, 4) is 5.75 Å². The SMILES string of the molecule is CC1(C)OC2C(O1)[C@@](F)(CO[P+](=O)Oc1ccccc1)O[C@H]2n1ccc(=O)[nH]c1=O. The van der Waals surface area contributed by atoms with Crippen LogP contribution in [0.25, 0.3) is 0 Å². The van der Waals surface area contributed by atoms with Gasteiger partial charge < -0.3 is 14.2 Å². The highest BCUT2D eigenvalue weighted by Gasteiger charge is 2.65. The summed E-state index contributed by atoms with van der Waals surface area (Å²) < 4.78 is 55.8. The third-order valence-electron chi connectivity index (χ3n) is 4.57. The Balaban J connectivity index is 1.54. The molecule has 0 bridgehead atoms. The highest BCUT2D eigenvalue weighted by molar-refractivity contribution is 7.33. The fourth-order valence-corrected chi connectivity index (χ4v) is 3.99. The van der Waals surface area contributed by atoms with Gasteiger partial charge in [-0.05, 0) is 26.0 Å². The third kappa shape index (κ3) is 4.07. The van der Waals surface area contributed by atoms with E-state index in [2.05, 4.69) is 4.98 Å². The van der Waals surface area contributed by atoms with E-state index in [0.717, 1.165) is 10.6 Å². The van der Waals surface area contributed by atoms with Crippen LogP contribution >= 0.6 is 8.25 Å². The fraction of sp³-hybridized carbons (Fsp3) is 0.444. The van der Waals surface area contributed by atoms with Crippen LogP contribution in [0, 0.1) is 0 Å². The summed E-state index contributed by atoms with van der Waals surface area (Å²) in [5, 5.41) is 0. The number of aromatic amines is 1. The number of para-hydroxylation sites is 1. The van der Waals surface area contributed by atoms with Gasteiger partial charge in [-0.1, -0.05) is 18.2 Å². The molecule has 2 aliphatic rings. The van der Waals surface area contributed by atoms with Crippen LogP contribution in [0.5, 0.6) is 5.75 Å². The first-order valence-electron chi connectivity index (χ1n) is 9.04. The monoisotopic (exact) mass is 441 g/mol. The summed E-state index contributed by atoms with van der Waals surface area (Å²) in [4.78, 5) is 25.6. The Morgan fingerprint density at radius 3 is 2.60 bits per heavy atom. The number of halogens is 1. The Bertz CT molecular complexity index is 1060. The van der Waals surface area contributed by atoms with E-state index in [-0.39, 0.29) is 5.75 Å². The van der Waals surface area contributed by atoms with Crippen molar-refractivity contribution in [3.05, 3.63) is 63.4 Å². The third-order valence-corrected chi connectivity index (χ3v) is 5.27. The number of aromatic nitrogens is 2. The van der Waals surface area contributed by atoms with Crippen molar-refractivity contribution >= 4 is 8.25 Å². The molecule has 0 amide bonds. The second-order valence-electron chi connectivity index (χ2n) is 7.23. The lowest BCUT2D eigenvalue weighted by molar-refractivity contribution is -0.263. The summed E-state index contributed by atoms with van der Waals surface area (Å²) in [7, 11) is -2.71. The molecule has 0 spiro atoms. The first-order chi connectivity index (χ1) is 14.2. The molecule has 4 rings (SSSR count). The van der Waals surface area contributed by atoms with E-state index in [9.17, 15) is 14.2 Å². The summed E-state index contributed by atoms with van der Waals surface area (Å²) in [6.07, 6.45) is -2.38. The molecular weight excluding hydrogens is 422 g/mol. The molecular formula is C18H19FN2O8P+. The Morgan fingerprint density at radius 1 is 1.17 bits per heavy atom. The van der Waals surface area contributed by atoms with E-state index in [1.54, 1.807) is 44.2 Å². The highest BCUT2D eigenvalue weighted by Crippen LogP contribution is 2.49. The van der Waals surface area contributed by atoms with Crippen LogP contribution in [0.15, 0.2) is 52.2 Å². The van der Waals surface area contributed by atoms with Gasteiger partial charge in [0.25, 0.3) is 11.4 Å². The molecule has 0 aliphatic carbocycles. The van der Waals surface area contributed by atoms with E-state index in [1.807, 2.05) is 0 Å². The summed E-state index contributed by atoms with van der Waals surface area (Å²) in [5.41, 5.74) is -1.41. The van der Waals surface area contributed by atoms with Gasteiger partial charge in [0.1, 0.15) is 6.10 Å². The molecule has 0 radical (unpaired) electrons. The smallest absolute Gasteiger partial charge is 0.340 e. The number of hydrogen-bond acceptors (Lipinski definition) is 8. The van der Waals surface area contributed by atoms with Crippen LogP contribution in [-0.2, 0) is 23.3 Å². The molecule has 2 saturated heterocycles. The first-order valence-corrected chi connectivity index (χ1v) is 10.1. The van der Waals surface area contributed by atoms with Gasteiger partial charge in [-0.3, -0.25) is 14.3 Å². The Labute approximate surface area is 170 Å². The van der Waals surface area contributed by atoms with E-state index in [1.165, 1.54) is 6.20 Å². The number of benzene rings is 1. The zero-order valence-electron chi connectivity index (χ0n) is 16.0. The van der Waals surface area contributed by atoms with E-state index >= 15 is 4.39 Å². The number of alkyl halides is 1. The minimum absolute atomic E-state index is 0.288. The lowest BCUT2D eigenvalue weighted by Gasteiger charge is -2.26. The zero-order chi connectivity index (χ0) is 21.5. The zero-order valence-corrected chi connectivity index (χ0v) is 16.9. The van der Waals surface area contributed by atoms with Crippen molar-refractivity contribution < 1.29 is 32.2 Å². The van der Waals surface area contributed by atoms with Gasteiger partial charge in [0.15, 0.2) is 30.5 Å². The Kier molecular flexibility index (Phi) is 5.33. The summed E-state index contributed by atoms with van der Waals surface area (Å²) >= 11 is 0. The molecule has 160 valence electrons. The molecule has 1 aromatic carbocycles. The molecule has 2 fully saturated rings. The maximum atomic E-state index is 15.7. The second-order valence-corrected chi connectivity index (χ2v) is 8.12. The van der Waals surface area contributed by atoms with Crippen LogP contribution < -0.4 is 15.8 Å². The number of H-pyrrole nitrogens is 1. The van der Waals surface area contributed by atoms with Crippen LogP contribution in [0.3, 0.4) is 0 Å². The first kappa shape index (κ1) is 20.8. The number of fused-ring (bicyclic) bond motifs is 1. The standard InChI is InChI=1S/C18H18FN2O8P/c1-17(2)26-13-14(27-17)18(19,10-25-30(24)29-11-6-4-3-5-7-11)28-15(13)21-9-8-12(22)20-16(21)23/h3-9,13-15H,10H2,1-2H3/p+1/t13?,14?,15-,18-/m1/s1. The molecule has 3 unspecified atom stereocenters. The van der Waals surface area contributed by atoms with Crippen molar-refractivity contribution in [1.82, 2.24) is 9.55 Å². The van der Waals surface area contributed by atoms with Crippen LogP contribution in [0.4, 0.5) is 4.39 Å². The molecule has 2 aliphatic heterocycles. The molecule has 1 aromatic heterocycles. The lowest BCUT2D eigenvalue weighted by Crippen LogP contribution is -2.42. The molecule has 3 heterocycles. The van der Waals surface area contributed by atoms with Crippen LogP contribution in [0.2, 0.25) is 0 Å². The van der Waals surface area contributed by atoms with E-state index in [0.29, 0.717) is 0 Å². The van der Waals surface area contributed by atoms with Gasteiger partial charge >= 0.3 is 13.9 Å². The second kappa shape index (κ2) is 7.68. The quantitative estimate of drug-likeness (QED) is 0.677. The topological polar surface area (TPSA) is 118 Å². The van der Waals surface area contributed by atoms with Crippen molar-refractivity contribution in [2.24, 2.45) is 0 Å². The van der Waals surface area contributed by atoms with Crippen molar-refractivity contribution in [1.29, 1.82) is 0 Å². The average molecular weight is 441 g/mol. The van der Waals surface area contributed by atoms with E-state index in [4.69, 9.17) is 23.3 Å². The van der Waals surface area contributed by atoms with Gasteiger partial charge in [-0.15, -0.1) is 4.52 Å². The molecule has 0 saturated carbocycles. The Morgan fingerprint density at radius 2 is 1.90 bits per heavy atom. The van der Waals surface area contributed by atoms with E-state index < -0.39 is 56.2 Å². The fourth-order valence-electron chi connectivity index (χ4n) is 3.36. The minimum atomic E-state index is -2.71. The van der Waals surface area contributed by atoms with Gasteiger partial charge in [0, 0.05) is 16.8 Å². The van der Waals surface area contributed by atoms with Crippen LogP contribution in [0.1, 0.15) is 20.1 Å². The minimum Gasteiger partial charge on any atom is -0.340 e. The number of rotatable bonds is 6. The summed E-state index contributed by atoms with van der Waals surface area (Å²) in [6, 6.07) is 9.34. The molecule has 5 atom stereocenters. The van der Waals surface area contributed by atoms with Crippen molar-refractivity contribution in [2.45, 2.75) is 43.9 Å². The van der Waals surface area contributed by atoms with Gasteiger partial charge in [0.05, 0.1) is 0 Å². The van der Waals surface area contributed by atoms with Crippen LogP contribution in [-0.4, -0.2) is 40.0 Å². The molecule has 30 heavy (non-hydrogen) atoms. The van der Waals surface area contributed by atoms with Crippen molar-refractivity contribution in [2.75, 3.05) is 6.61 Å². The largest absolute Gasteiger partial charge is 0.750 e. The number of nitrogens with one attached hydrogen (secondary N) is 1.